The first-order chi connectivity index (χ1) is 3.00. The van der Waals surface area contributed by atoms with Crippen LogP contribution in [0, 0.1) is 6.07 Å². The van der Waals surface area contributed by atoms with E-state index in [9.17, 15) is 0 Å². The summed E-state index contributed by atoms with van der Waals surface area (Å²) in [6.45, 7) is 0. The minimum Gasteiger partial charge on any atom is -1.00 e. The van der Waals surface area contributed by atoms with Crippen LogP contribution in [0.5, 0.6) is 0 Å². The van der Waals surface area contributed by atoms with E-state index in [1.807, 2.05) is 30.3 Å². The Morgan fingerprint density at radius 3 is 1.50 bits per heavy atom. The second kappa shape index (κ2) is 7.72. The second-order valence-corrected chi connectivity index (χ2v) is 1.08. The molecule has 2 heteroatoms. The van der Waals surface area contributed by atoms with Crippen LogP contribution in [0.2, 0.25) is 0 Å². The van der Waals surface area contributed by atoms with E-state index in [1.54, 1.807) is 0 Å². The first-order valence-electron chi connectivity index (χ1n) is 1.91. The summed E-state index contributed by atoms with van der Waals surface area (Å²) in [5, 5.41) is 0. The van der Waals surface area contributed by atoms with Gasteiger partial charge in [-0.3, -0.25) is 0 Å². The molecule has 0 heterocycles. The van der Waals surface area contributed by atoms with E-state index in [0.717, 1.165) is 0 Å². The SMILES string of the molecule is [I-].[Mg+2].[c-]1ccccc1. The van der Waals surface area contributed by atoms with Gasteiger partial charge in [-0.05, 0) is 0 Å². The van der Waals surface area contributed by atoms with Gasteiger partial charge in [0.25, 0.3) is 0 Å². The minimum absolute atomic E-state index is 0. The molecule has 0 fully saturated rings. The zero-order valence-corrected chi connectivity index (χ0v) is 8.04. The summed E-state index contributed by atoms with van der Waals surface area (Å²) in [6.07, 6.45) is 0. The number of hydrogen-bond donors (Lipinski definition) is 0. The maximum absolute atomic E-state index is 2.89. The quantitative estimate of drug-likeness (QED) is 0.277. The fourth-order valence-corrected chi connectivity index (χ4v) is 0.342. The van der Waals surface area contributed by atoms with Crippen LogP contribution in [-0.4, -0.2) is 23.1 Å². The molecule has 38 valence electrons. The molecule has 0 amide bonds. The average molecular weight is 228 g/mol. The Morgan fingerprint density at radius 1 is 0.875 bits per heavy atom. The monoisotopic (exact) mass is 228 g/mol. The molecule has 0 atom stereocenters. The van der Waals surface area contributed by atoms with Crippen molar-refractivity contribution in [3.63, 3.8) is 0 Å². The van der Waals surface area contributed by atoms with E-state index >= 15 is 0 Å². The zero-order valence-electron chi connectivity index (χ0n) is 4.47. The Balaban J connectivity index is 0. The predicted molar refractivity (Wildman–Crippen MR) is 31.0 cm³/mol. The Morgan fingerprint density at radius 2 is 1.38 bits per heavy atom. The van der Waals surface area contributed by atoms with Gasteiger partial charge in [0, 0.05) is 0 Å². The predicted octanol–water partition coefficient (Wildman–Crippen LogP) is -1.89. The van der Waals surface area contributed by atoms with E-state index in [4.69, 9.17) is 0 Å². The first-order valence-corrected chi connectivity index (χ1v) is 1.91. The van der Waals surface area contributed by atoms with Crippen LogP contribution in [0.3, 0.4) is 0 Å². The summed E-state index contributed by atoms with van der Waals surface area (Å²) >= 11 is 0. The maximum atomic E-state index is 2.89. The van der Waals surface area contributed by atoms with Crippen LogP contribution in [0.15, 0.2) is 30.3 Å². The fourth-order valence-electron chi connectivity index (χ4n) is 0.342. The zero-order chi connectivity index (χ0) is 4.24. The molecule has 0 unspecified atom stereocenters. The summed E-state index contributed by atoms with van der Waals surface area (Å²) in [5.74, 6) is 0. The second-order valence-electron chi connectivity index (χ2n) is 1.08. The van der Waals surface area contributed by atoms with Crippen LogP contribution in [0.1, 0.15) is 0 Å². The van der Waals surface area contributed by atoms with Crippen molar-refractivity contribution in [3.05, 3.63) is 36.4 Å². The molecular weight excluding hydrogens is 223 g/mol. The molecule has 0 aliphatic carbocycles. The molecule has 1 rings (SSSR count). The van der Waals surface area contributed by atoms with Gasteiger partial charge < -0.3 is 24.0 Å². The molecule has 1 aromatic carbocycles. The molecule has 0 aromatic heterocycles. The number of hydrogen-bond acceptors (Lipinski definition) is 0. The minimum atomic E-state index is 0. The molecule has 1 aromatic rings. The van der Waals surface area contributed by atoms with Crippen LogP contribution >= 0.6 is 0 Å². The van der Waals surface area contributed by atoms with Crippen LogP contribution in [-0.2, 0) is 0 Å². The van der Waals surface area contributed by atoms with Gasteiger partial charge in [-0.2, -0.15) is 36.4 Å². The van der Waals surface area contributed by atoms with Gasteiger partial charge in [0.15, 0.2) is 0 Å². The van der Waals surface area contributed by atoms with Crippen LogP contribution in [0.25, 0.3) is 0 Å². The van der Waals surface area contributed by atoms with Crippen molar-refractivity contribution in [1.29, 1.82) is 0 Å². The average Bonchev–Trinajstić information content (AvgIpc) is 1.72. The molecule has 0 spiro atoms. The van der Waals surface area contributed by atoms with Crippen LogP contribution in [0.4, 0.5) is 0 Å². The van der Waals surface area contributed by atoms with Gasteiger partial charge in [-0.15, -0.1) is 0 Å². The number of rotatable bonds is 0. The standard InChI is InChI=1S/C6H5.HI.Mg/c1-2-4-6-5-3-1;;/h1-5H;1H;/q-1;;+2/p-1. The van der Waals surface area contributed by atoms with Gasteiger partial charge in [0.2, 0.25) is 0 Å². The van der Waals surface area contributed by atoms with Crippen molar-refractivity contribution in [2.45, 2.75) is 0 Å². The summed E-state index contributed by atoms with van der Waals surface area (Å²) in [4.78, 5) is 0. The van der Waals surface area contributed by atoms with E-state index < -0.39 is 0 Å². The van der Waals surface area contributed by atoms with E-state index in [2.05, 4.69) is 6.07 Å². The van der Waals surface area contributed by atoms with Crippen molar-refractivity contribution >= 4 is 23.1 Å². The Bertz CT molecular complexity index is 80.5. The first kappa shape index (κ1) is 11.5. The third-order valence-electron chi connectivity index (χ3n) is 0.607. The van der Waals surface area contributed by atoms with Crippen molar-refractivity contribution in [2.75, 3.05) is 0 Å². The topological polar surface area (TPSA) is 0 Å². The Kier molecular flexibility index (Phi) is 11.1. The molecule has 0 nitrogen and oxygen atoms in total. The number of benzene rings is 1. The maximum Gasteiger partial charge on any atom is 2.00 e. The fraction of sp³-hybridized carbons (Fsp3) is 0. The third kappa shape index (κ3) is 4.87. The third-order valence-corrected chi connectivity index (χ3v) is 0.607. The molecule has 0 radical (unpaired) electrons. The molecule has 8 heavy (non-hydrogen) atoms. The molecule has 0 saturated heterocycles. The van der Waals surface area contributed by atoms with Crippen molar-refractivity contribution in [2.24, 2.45) is 0 Å². The molecule has 0 aliphatic heterocycles. The van der Waals surface area contributed by atoms with Gasteiger partial charge in [0.1, 0.15) is 0 Å². The van der Waals surface area contributed by atoms with Gasteiger partial charge in [0.05, 0.1) is 0 Å². The largest absolute Gasteiger partial charge is 2.00 e. The molecule has 0 aliphatic rings. The van der Waals surface area contributed by atoms with Crippen molar-refractivity contribution < 1.29 is 24.0 Å². The van der Waals surface area contributed by atoms with E-state index in [1.165, 1.54) is 0 Å². The van der Waals surface area contributed by atoms with E-state index in [-0.39, 0.29) is 47.0 Å². The normalized spacial score (nSPS) is 6.00. The van der Waals surface area contributed by atoms with Gasteiger partial charge >= 0.3 is 23.1 Å². The van der Waals surface area contributed by atoms with Gasteiger partial charge in [-0.25, -0.2) is 0 Å². The smallest absolute Gasteiger partial charge is 1.00 e. The molecule has 0 saturated carbocycles. The van der Waals surface area contributed by atoms with Crippen molar-refractivity contribution in [1.82, 2.24) is 0 Å². The Labute approximate surface area is 82.8 Å². The van der Waals surface area contributed by atoms with Gasteiger partial charge in [-0.1, -0.05) is 0 Å². The summed E-state index contributed by atoms with van der Waals surface area (Å²) in [6, 6.07) is 12.5. The molecular formula is C6H5IMg. The molecule has 0 N–H and O–H groups in total. The summed E-state index contributed by atoms with van der Waals surface area (Å²) in [7, 11) is 0. The molecule has 0 bridgehead atoms. The summed E-state index contributed by atoms with van der Waals surface area (Å²) < 4.78 is 0. The Hall–Kier alpha value is 0.716. The summed E-state index contributed by atoms with van der Waals surface area (Å²) in [5.41, 5.74) is 0. The number of halogens is 1. The van der Waals surface area contributed by atoms with E-state index in [0.29, 0.717) is 0 Å². The van der Waals surface area contributed by atoms with Crippen molar-refractivity contribution in [3.8, 4) is 0 Å². The van der Waals surface area contributed by atoms with Crippen LogP contribution < -0.4 is 24.0 Å².